The van der Waals surface area contributed by atoms with E-state index in [2.05, 4.69) is 15.6 Å². The SMILES string of the molecule is Cc1ncc(-c2ccc(Cl)cc2C[C@H]2C(=O)N(C)CCOCCCC[C@H](N(C)C(=O)[C@@H](NC(=O)[C@@H]3C[C@@H](F)CN3C(=O)C3(C(F)(F)F)CC(F)(F)C3)C3CC3)C(=O)N[C@@H](CC(C)C)C(=O)N2C)s1. The van der Waals surface area contributed by atoms with E-state index in [1.807, 2.05) is 26.8 Å². The first-order valence-electron chi connectivity index (χ1n) is 22.9. The molecule has 0 unspecified atom stereocenters. The number of carbonyl (C=O) groups is 6. The lowest BCUT2D eigenvalue weighted by Gasteiger charge is -2.48. The van der Waals surface area contributed by atoms with Gasteiger partial charge in [-0.05, 0) is 80.5 Å². The molecule has 1 aromatic carbocycles. The summed E-state index contributed by atoms with van der Waals surface area (Å²) in [6, 6.07) is -1.35. The molecule has 2 aromatic rings. The molecule has 68 heavy (non-hydrogen) atoms. The van der Waals surface area contributed by atoms with Gasteiger partial charge in [0, 0.05) is 71.2 Å². The highest BCUT2D eigenvalue weighted by molar-refractivity contribution is 7.15. The number of rotatable bonds is 11. The second-order valence-electron chi connectivity index (χ2n) is 19.2. The highest BCUT2D eigenvalue weighted by Gasteiger charge is 2.75. The zero-order valence-corrected chi connectivity index (χ0v) is 40.5. The third-order valence-corrected chi connectivity index (χ3v) is 14.6. The molecule has 2 aliphatic carbocycles. The van der Waals surface area contributed by atoms with Gasteiger partial charge in [0.2, 0.25) is 35.4 Å². The topological polar surface area (TPSA) is 162 Å². The normalized spacial score (nSPS) is 25.8. The van der Waals surface area contributed by atoms with Crippen molar-refractivity contribution in [3.05, 3.63) is 40.0 Å². The maximum atomic E-state index is 14.9. The molecule has 2 saturated heterocycles. The lowest BCUT2D eigenvalue weighted by molar-refractivity contribution is -0.299. The first kappa shape index (κ1) is 52.9. The number of nitrogens with one attached hydrogen (secondary N) is 2. The molecule has 0 spiro atoms. The van der Waals surface area contributed by atoms with Crippen molar-refractivity contribution >= 4 is 58.4 Å². The number of amides is 6. The molecule has 6 amide bonds. The molecule has 3 heterocycles. The fourth-order valence-electron chi connectivity index (χ4n) is 9.40. The van der Waals surface area contributed by atoms with Crippen molar-refractivity contribution in [2.75, 3.05) is 47.4 Å². The number of alkyl halides is 6. The minimum Gasteiger partial charge on any atom is -0.380 e. The molecule has 22 heteroatoms. The van der Waals surface area contributed by atoms with Crippen LogP contribution in [0.2, 0.25) is 5.02 Å². The summed E-state index contributed by atoms with van der Waals surface area (Å²) in [6.07, 6.45) is -8.06. The van der Waals surface area contributed by atoms with Gasteiger partial charge in [0.05, 0.1) is 23.0 Å². The monoisotopic (exact) mass is 1000 g/mol. The van der Waals surface area contributed by atoms with Crippen LogP contribution in [0.1, 0.15) is 82.2 Å². The van der Waals surface area contributed by atoms with Gasteiger partial charge in [-0.3, -0.25) is 28.8 Å². The van der Waals surface area contributed by atoms with Gasteiger partial charge in [-0.15, -0.1) is 11.3 Å². The van der Waals surface area contributed by atoms with E-state index in [4.69, 9.17) is 16.3 Å². The lowest BCUT2D eigenvalue weighted by atomic mass is 9.64. The smallest absolute Gasteiger partial charge is 0.380 e. The fourth-order valence-corrected chi connectivity index (χ4v) is 10.4. The van der Waals surface area contributed by atoms with Gasteiger partial charge in [0.25, 0.3) is 5.92 Å². The molecule has 2 N–H and O–H groups in total. The number of hydrogen-bond donors (Lipinski definition) is 2. The van der Waals surface area contributed by atoms with E-state index in [0.717, 1.165) is 20.3 Å². The number of halogens is 7. The van der Waals surface area contributed by atoms with E-state index in [-0.39, 0.29) is 50.8 Å². The molecule has 4 fully saturated rings. The summed E-state index contributed by atoms with van der Waals surface area (Å²) in [5.74, 6) is -9.78. The van der Waals surface area contributed by atoms with Crippen LogP contribution in [-0.4, -0.2) is 156 Å². The van der Waals surface area contributed by atoms with Crippen molar-refractivity contribution < 1.29 is 59.8 Å². The van der Waals surface area contributed by atoms with E-state index in [9.17, 15) is 55.1 Å². The predicted octanol–water partition coefficient (Wildman–Crippen LogP) is 5.97. The summed E-state index contributed by atoms with van der Waals surface area (Å²) in [6.45, 7) is 5.25. The van der Waals surface area contributed by atoms with Gasteiger partial charge < -0.3 is 35.0 Å². The first-order valence-corrected chi connectivity index (χ1v) is 24.1. The number of thiazole rings is 1. The van der Waals surface area contributed by atoms with E-state index in [1.165, 1.54) is 35.2 Å². The fraction of sp³-hybridized carbons (Fsp3) is 0.674. The summed E-state index contributed by atoms with van der Waals surface area (Å²) >= 11 is 7.96. The standard InChI is InChI=1S/C46H60ClF6N7O7S/c1-25(2)17-32-40(63)59(6)35(19-28-18-29(47)12-13-31(28)36-21-54-26(3)68-36)41(64)57(4)14-16-67-15-8-7-9-33(38(61)55-32)58(5)42(65)37(27-10-11-27)56-39(62)34-20-30(48)22-60(34)43(66)44(46(51,52)53)23-45(49,50)24-44/h12-13,18,21,25,27,30,32-35,37H,7-11,14-17,19-20,22-24H2,1-6H3,(H,55,61)(H,56,62)/t30-,32+,33+,34+,35+,37+/m1/s1. The highest BCUT2D eigenvalue weighted by atomic mass is 35.5. The Morgan fingerprint density at radius 1 is 1.06 bits per heavy atom. The number of ether oxygens (including phenoxy) is 1. The molecular weight excluding hydrogens is 944 g/mol. The summed E-state index contributed by atoms with van der Waals surface area (Å²) < 4.78 is 91.2. The average molecular weight is 1000 g/mol. The van der Waals surface area contributed by atoms with Crippen LogP contribution in [0.4, 0.5) is 26.3 Å². The van der Waals surface area contributed by atoms with Crippen LogP contribution in [0, 0.1) is 24.2 Å². The van der Waals surface area contributed by atoms with Crippen LogP contribution in [-0.2, 0) is 39.9 Å². The number of nitrogens with zero attached hydrogens (tertiary/aromatic N) is 5. The van der Waals surface area contributed by atoms with Crippen molar-refractivity contribution in [3.63, 3.8) is 0 Å². The second-order valence-corrected chi connectivity index (χ2v) is 20.8. The second kappa shape index (κ2) is 21.2. The number of benzene rings is 1. The first-order chi connectivity index (χ1) is 31.8. The molecule has 0 bridgehead atoms. The maximum Gasteiger partial charge on any atom is 0.403 e. The Labute approximate surface area is 400 Å². The summed E-state index contributed by atoms with van der Waals surface area (Å²) in [4.78, 5) is 94.9. The third kappa shape index (κ3) is 11.9. The Bertz CT molecular complexity index is 2200. The minimum atomic E-state index is -5.40. The molecule has 14 nitrogen and oxygen atoms in total. The van der Waals surface area contributed by atoms with Crippen LogP contribution in [0.5, 0.6) is 0 Å². The number of carbonyl (C=O) groups excluding carboxylic acids is 6. The minimum absolute atomic E-state index is 0.0491. The Kier molecular flexibility index (Phi) is 16.5. The van der Waals surface area contributed by atoms with E-state index in [1.54, 1.807) is 25.4 Å². The van der Waals surface area contributed by atoms with Crippen LogP contribution >= 0.6 is 22.9 Å². The molecular formula is C46H60ClF6N7O7S. The predicted molar refractivity (Wildman–Crippen MR) is 240 cm³/mol. The third-order valence-electron chi connectivity index (χ3n) is 13.4. The van der Waals surface area contributed by atoms with E-state index >= 15 is 0 Å². The molecule has 6 rings (SSSR count). The number of aromatic nitrogens is 1. The Morgan fingerprint density at radius 2 is 1.75 bits per heavy atom. The Hall–Kier alpha value is -4.50. The number of hydrogen-bond acceptors (Lipinski definition) is 9. The van der Waals surface area contributed by atoms with Gasteiger partial charge >= 0.3 is 6.18 Å². The quantitative estimate of drug-likeness (QED) is 0.261. The van der Waals surface area contributed by atoms with E-state index < -0.39 is 115 Å². The van der Waals surface area contributed by atoms with Crippen molar-refractivity contribution in [2.24, 2.45) is 17.3 Å². The van der Waals surface area contributed by atoms with Gasteiger partial charge in [0.15, 0.2) is 5.41 Å². The Morgan fingerprint density at radius 3 is 2.35 bits per heavy atom. The molecule has 2 saturated carbocycles. The van der Waals surface area contributed by atoms with Crippen molar-refractivity contribution in [1.29, 1.82) is 0 Å². The van der Waals surface area contributed by atoms with Gasteiger partial charge in [0.1, 0.15) is 36.4 Å². The summed E-state index contributed by atoms with van der Waals surface area (Å²) in [7, 11) is 4.46. The van der Waals surface area contributed by atoms with Crippen molar-refractivity contribution in [2.45, 2.75) is 133 Å². The van der Waals surface area contributed by atoms with Crippen LogP contribution in [0.25, 0.3) is 10.4 Å². The van der Waals surface area contributed by atoms with Crippen LogP contribution in [0.15, 0.2) is 24.4 Å². The molecule has 376 valence electrons. The summed E-state index contributed by atoms with van der Waals surface area (Å²) in [5, 5.41) is 6.63. The van der Waals surface area contributed by atoms with Gasteiger partial charge in [-0.1, -0.05) is 31.5 Å². The number of aryl methyl sites for hydroxylation is 1. The average Bonchev–Trinajstić information content (AvgIpc) is 3.89. The molecule has 0 radical (unpaired) electrons. The van der Waals surface area contributed by atoms with Gasteiger partial charge in [-0.2, -0.15) is 13.2 Å². The zero-order chi connectivity index (χ0) is 50.0. The lowest BCUT2D eigenvalue weighted by Crippen LogP contribution is -2.65. The van der Waals surface area contributed by atoms with E-state index in [0.29, 0.717) is 41.2 Å². The highest BCUT2D eigenvalue weighted by Crippen LogP contribution is 2.61. The molecule has 6 atom stereocenters. The molecule has 4 aliphatic rings. The molecule has 2 aliphatic heterocycles. The zero-order valence-electron chi connectivity index (χ0n) is 39.0. The van der Waals surface area contributed by atoms with Crippen molar-refractivity contribution in [1.82, 2.24) is 35.2 Å². The van der Waals surface area contributed by atoms with Crippen LogP contribution < -0.4 is 10.6 Å². The van der Waals surface area contributed by atoms with Crippen LogP contribution in [0.3, 0.4) is 0 Å². The van der Waals surface area contributed by atoms with Crippen molar-refractivity contribution in [3.8, 4) is 10.4 Å². The largest absolute Gasteiger partial charge is 0.403 e. The number of likely N-dealkylation sites (N-methyl/N-ethyl adjacent to an activating group) is 3. The molecule has 1 aromatic heterocycles. The summed E-state index contributed by atoms with van der Waals surface area (Å²) in [5.41, 5.74) is -2.03. The Balaban J connectivity index is 1.25. The van der Waals surface area contributed by atoms with Gasteiger partial charge in [-0.25, -0.2) is 18.2 Å². The number of likely N-dealkylation sites (tertiary alicyclic amines) is 1. The maximum absolute atomic E-state index is 14.9.